The Morgan fingerprint density at radius 1 is 0.238 bits per heavy atom. The highest BCUT2D eigenvalue weighted by atomic mass is 14.4. The van der Waals surface area contributed by atoms with Gasteiger partial charge in [-0.1, -0.05) is 184 Å². The maximum Gasteiger partial charge on any atom is 0.0159 e. The molecule has 0 radical (unpaired) electrons. The fraction of sp³-hybridized carbons (Fsp3) is 0.0476. The van der Waals surface area contributed by atoms with Crippen LogP contribution in [0.2, 0.25) is 0 Å². The molecule has 0 aliphatic heterocycles. The van der Waals surface area contributed by atoms with Gasteiger partial charge < -0.3 is 0 Å². The minimum Gasteiger partial charge on any atom is -0.0616 e. The van der Waals surface area contributed by atoms with E-state index in [9.17, 15) is 0 Å². The lowest BCUT2D eigenvalue weighted by atomic mass is 9.80. The second kappa shape index (κ2) is 12.6. The molecule has 1 aliphatic rings. The SMILES string of the molecule is CC1(C)c2cc3c4ccccc4c4ccccc4c3cc2-c2cc3c4ccccc4c4cc(-c5ccc(-c6cc7ccccc7c7c6ccc6ccccc67)cc5)ccc4c3cc21. The van der Waals surface area contributed by atoms with Gasteiger partial charge in [0.1, 0.15) is 0 Å². The number of hydrogen-bond acceptors (Lipinski definition) is 0. The van der Waals surface area contributed by atoms with Crippen LogP contribution in [0, 0.1) is 0 Å². The molecule has 0 heterocycles. The summed E-state index contributed by atoms with van der Waals surface area (Å²) in [6.07, 6.45) is 0. The van der Waals surface area contributed by atoms with Crippen LogP contribution in [0.25, 0.3) is 130 Å². The summed E-state index contributed by atoms with van der Waals surface area (Å²) >= 11 is 0. The van der Waals surface area contributed by atoms with Crippen molar-refractivity contribution in [2.24, 2.45) is 0 Å². The molecule has 13 aromatic rings. The first-order valence-corrected chi connectivity index (χ1v) is 22.2. The van der Waals surface area contributed by atoms with E-state index in [0.29, 0.717) is 0 Å². The summed E-state index contributed by atoms with van der Waals surface area (Å²) in [4.78, 5) is 0. The summed E-state index contributed by atoms with van der Waals surface area (Å²) < 4.78 is 0. The molecular formula is C63H40. The summed E-state index contributed by atoms with van der Waals surface area (Å²) in [5.41, 5.74) is 10.3. The molecule has 0 aromatic heterocycles. The zero-order chi connectivity index (χ0) is 41.6. The van der Waals surface area contributed by atoms with Gasteiger partial charge in [-0.25, -0.2) is 0 Å². The van der Waals surface area contributed by atoms with E-state index >= 15 is 0 Å². The molecule has 0 heteroatoms. The zero-order valence-electron chi connectivity index (χ0n) is 35.1. The van der Waals surface area contributed by atoms with E-state index < -0.39 is 0 Å². The van der Waals surface area contributed by atoms with E-state index in [-0.39, 0.29) is 5.41 Å². The van der Waals surface area contributed by atoms with E-state index in [1.165, 1.54) is 141 Å². The molecule has 0 atom stereocenters. The van der Waals surface area contributed by atoms with E-state index in [4.69, 9.17) is 0 Å². The van der Waals surface area contributed by atoms with E-state index in [2.05, 4.69) is 220 Å². The standard InChI is InChI=1S/C63H40/c1-63(2)60-35-56-47-20-10-8-18-45(47)44-17-7-9-19-46(44)54(56)33-58(60)59-34-55-49-22-12-11-21-48(49)53-31-40(28-29-50(53)57(55)36-61(59)63)37-23-25-39(26-24-37)52-32-41-14-4-6-16-43(41)62-42-15-5-3-13-38(42)27-30-51(52)62/h3-36H,1-2H3. The van der Waals surface area contributed by atoms with Crippen LogP contribution in [0.1, 0.15) is 25.0 Å². The highest BCUT2D eigenvalue weighted by molar-refractivity contribution is 6.29. The molecule has 0 N–H and O–H groups in total. The van der Waals surface area contributed by atoms with Gasteiger partial charge in [0.15, 0.2) is 0 Å². The summed E-state index contributed by atoms with van der Waals surface area (Å²) in [6, 6.07) is 77.9. The molecular weight excluding hydrogens is 757 g/mol. The smallest absolute Gasteiger partial charge is 0.0159 e. The highest BCUT2D eigenvalue weighted by Crippen LogP contribution is 2.54. The average molecular weight is 797 g/mol. The van der Waals surface area contributed by atoms with Crippen molar-refractivity contribution in [3.63, 3.8) is 0 Å². The first-order valence-electron chi connectivity index (χ1n) is 22.2. The monoisotopic (exact) mass is 796 g/mol. The lowest BCUT2D eigenvalue weighted by Gasteiger charge is -2.23. The molecule has 0 bridgehead atoms. The number of fused-ring (bicyclic) bond motifs is 20. The van der Waals surface area contributed by atoms with Crippen molar-refractivity contribution >= 4 is 97.0 Å². The van der Waals surface area contributed by atoms with Gasteiger partial charge in [-0.2, -0.15) is 0 Å². The van der Waals surface area contributed by atoms with E-state index in [1.54, 1.807) is 0 Å². The first-order chi connectivity index (χ1) is 31.0. The molecule has 0 nitrogen and oxygen atoms in total. The summed E-state index contributed by atoms with van der Waals surface area (Å²) in [5, 5.41) is 23.5. The van der Waals surface area contributed by atoms with Gasteiger partial charge in [-0.05, 0) is 178 Å². The van der Waals surface area contributed by atoms with Gasteiger partial charge >= 0.3 is 0 Å². The first kappa shape index (κ1) is 34.9. The van der Waals surface area contributed by atoms with Crippen LogP contribution in [-0.4, -0.2) is 0 Å². The Morgan fingerprint density at radius 3 is 1.17 bits per heavy atom. The Morgan fingerprint density at radius 2 is 0.619 bits per heavy atom. The van der Waals surface area contributed by atoms with Crippen LogP contribution in [0.5, 0.6) is 0 Å². The number of rotatable bonds is 2. The van der Waals surface area contributed by atoms with Crippen molar-refractivity contribution in [1.82, 2.24) is 0 Å². The fourth-order valence-electron chi connectivity index (χ4n) is 11.7. The number of benzene rings is 13. The lowest BCUT2D eigenvalue weighted by molar-refractivity contribution is 0.662. The van der Waals surface area contributed by atoms with E-state index in [0.717, 1.165) is 0 Å². The molecule has 292 valence electrons. The minimum atomic E-state index is -0.164. The largest absolute Gasteiger partial charge is 0.0616 e. The minimum absolute atomic E-state index is 0.164. The van der Waals surface area contributed by atoms with Crippen molar-refractivity contribution in [2.45, 2.75) is 19.3 Å². The van der Waals surface area contributed by atoms with Gasteiger partial charge in [-0.15, -0.1) is 0 Å². The maximum absolute atomic E-state index is 2.53. The van der Waals surface area contributed by atoms with E-state index in [1.807, 2.05) is 0 Å². The molecule has 0 amide bonds. The number of hydrogen-bond donors (Lipinski definition) is 0. The Hall–Kier alpha value is -7.80. The predicted molar refractivity (Wildman–Crippen MR) is 272 cm³/mol. The van der Waals surface area contributed by atoms with Crippen molar-refractivity contribution in [3.8, 4) is 33.4 Å². The molecule has 0 spiro atoms. The van der Waals surface area contributed by atoms with Crippen molar-refractivity contribution < 1.29 is 0 Å². The molecule has 13 aromatic carbocycles. The van der Waals surface area contributed by atoms with Gasteiger partial charge in [0.05, 0.1) is 0 Å². The predicted octanol–water partition coefficient (Wildman–Crippen LogP) is 17.7. The fourth-order valence-corrected chi connectivity index (χ4v) is 11.7. The third-order valence-electron chi connectivity index (χ3n) is 14.8. The Labute approximate surface area is 365 Å². The molecule has 14 rings (SSSR count). The molecule has 0 saturated heterocycles. The van der Waals surface area contributed by atoms with Gasteiger partial charge in [-0.3, -0.25) is 0 Å². The van der Waals surface area contributed by atoms with Crippen LogP contribution in [-0.2, 0) is 5.41 Å². The highest BCUT2D eigenvalue weighted by Gasteiger charge is 2.37. The zero-order valence-corrected chi connectivity index (χ0v) is 35.1. The van der Waals surface area contributed by atoms with Crippen LogP contribution < -0.4 is 0 Å². The van der Waals surface area contributed by atoms with Crippen LogP contribution in [0.15, 0.2) is 206 Å². The van der Waals surface area contributed by atoms with Crippen LogP contribution >= 0.6 is 0 Å². The third-order valence-corrected chi connectivity index (χ3v) is 14.8. The second-order valence-corrected chi connectivity index (χ2v) is 18.3. The van der Waals surface area contributed by atoms with Crippen molar-refractivity contribution in [2.75, 3.05) is 0 Å². The quantitative estimate of drug-likeness (QED) is 0.153. The second-order valence-electron chi connectivity index (χ2n) is 18.3. The molecule has 0 saturated carbocycles. The summed E-state index contributed by atoms with van der Waals surface area (Å²) in [5.74, 6) is 0. The topological polar surface area (TPSA) is 0 Å². The molecule has 63 heavy (non-hydrogen) atoms. The Bertz CT molecular complexity index is 4130. The molecule has 1 aliphatic carbocycles. The summed E-state index contributed by atoms with van der Waals surface area (Å²) in [7, 11) is 0. The average Bonchev–Trinajstić information content (AvgIpc) is 3.56. The summed E-state index contributed by atoms with van der Waals surface area (Å²) in [6.45, 7) is 4.85. The van der Waals surface area contributed by atoms with Crippen LogP contribution in [0.3, 0.4) is 0 Å². The van der Waals surface area contributed by atoms with Crippen LogP contribution in [0.4, 0.5) is 0 Å². The van der Waals surface area contributed by atoms with Gasteiger partial charge in [0.25, 0.3) is 0 Å². The third kappa shape index (κ3) is 4.81. The van der Waals surface area contributed by atoms with Gasteiger partial charge in [0.2, 0.25) is 0 Å². The maximum atomic E-state index is 2.53. The van der Waals surface area contributed by atoms with Gasteiger partial charge in [0, 0.05) is 5.41 Å². The van der Waals surface area contributed by atoms with Crippen molar-refractivity contribution in [1.29, 1.82) is 0 Å². The lowest BCUT2D eigenvalue weighted by Crippen LogP contribution is -2.15. The van der Waals surface area contributed by atoms with Crippen molar-refractivity contribution in [3.05, 3.63) is 217 Å². The Kier molecular flexibility index (Phi) is 6.99. The molecule has 0 fully saturated rings. The normalized spacial score (nSPS) is 13.4. The molecule has 0 unspecified atom stereocenters. The Balaban J connectivity index is 0.933.